The van der Waals surface area contributed by atoms with Crippen molar-refractivity contribution < 1.29 is 13.6 Å². The molecule has 0 bridgehead atoms. The lowest BCUT2D eigenvalue weighted by molar-refractivity contribution is -0.116. The highest BCUT2D eigenvalue weighted by Crippen LogP contribution is 2.73. The lowest BCUT2D eigenvalue weighted by atomic mass is 9.68. The summed E-state index contributed by atoms with van der Waals surface area (Å²) in [7, 11) is -14.9. The normalized spacial score (nSPS) is 29.5. The van der Waals surface area contributed by atoms with Crippen LogP contribution in [0.15, 0.2) is 41.2 Å². The Morgan fingerprint density at radius 1 is 0.529 bits per heavy atom. The van der Waals surface area contributed by atoms with Gasteiger partial charge in [-0.2, -0.15) is 0 Å². The second-order valence-corrected chi connectivity index (χ2v) is 87.2. The lowest BCUT2D eigenvalue weighted by Gasteiger charge is -2.79. The minimum atomic E-state index is -2.56. The Kier molecular flexibility index (Phi) is 12.0. The summed E-state index contributed by atoms with van der Waals surface area (Å²) in [6.45, 7) is 63.5. The highest BCUT2D eigenvalue weighted by atomic mass is 29.6. The average molecular weight is 838 g/mol. The van der Waals surface area contributed by atoms with Crippen LogP contribution in [0.2, 0.25) is 118 Å². The number of ether oxygens (including phenoxy) is 1. The first kappa shape index (κ1) is 46.0. The minimum absolute atomic E-state index is 0.0554. The Bertz CT molecular complexity index is 1410. The molecule has 1 aromatic rings. The molecule has 2 aliphatic heterocycles. The summed E-state index contributed by atoms with van der Waals surface area (Å²) in [5, 5.41) is 1.32. The van der Waals surface area contributed by atoms with E-state index in [1.54, 1.807) is 0 Å². The fourth-order valence-corrected chi connectivity index (χ4v) is 125. The lowest BCUT2D eigenvalue weighted by Crippen LogP contribution is -2.97. The zero-order chi connectivity index (χ0) is 40.3. The van der Waals surface area contributed by atoms with E-state index in [9.17, 15) is 0 Å². The fourth-order valence-electron chi connectivity index (χ4n) is 13.2. The van der Waals surface area contributed by atoms with Crippen molar-refractivity contribution >= 4 is 61.2 Å². The third kappa shape index (κ3) is 6.69. The molecule has 2 aliphatic rings. The molecular weight excluding hydrogens is 753 g/mol. The van der Waals surface area contributed by atoms with Crippen LogP contribution in [0.4, 0.5) is 0 Å². The summed E-state index contributed by atoms with van der Waals surface area (Å²) >= 11 is 0. The molecule has 1 fully saturated rings. The third-order valence-electron chi connectivity index (χ3n) is 13.0. The summed E-state index contributed by atoms with van der Waals surface area (Å²) in [6.07, 6.45) is -0.0554. The van der Waals surface area contributed by atoms with Crippen LogP contribution in [-0.2, 0) is 13.6 Å². The van der Waals surface area contributed by atoms with Gasteiger partial charge in [-0.3, -0.25) is 0 Å². The molecule has 294 valence electrons. The van der Waals surface area contributed by atoms with Gasteiger partial charge in [0.1, 0.15) is 14.2 Å². The van der Waals surface area contributed by atoms with E-state index >= 15 is 0 Å². The number of rotatable bonds is 10. The maximum absolute atomic E-state index is 8.45. The molecule has 0 spiro atoms. The Morgan fingerprint density at radius 3 is 1.20 bits per heavy atom. The number of methoxy groups -OCH3 is 1. The molecule has 0 N–H and O–H groups in total. The highest BCUT2D eigenvalue weighted by Gasteiger charge is 2.87. The molecule has 5 unspecified atom stereocenters. The maximum atomic E-state index is 8.45. The predicted octanol–water partition coefficient (Wildman–Crippen LogP) is 12.3. The Labute approximate surface area is 325 Å². The van der Waals surface area contributed by atoms with Crippen LogP contribution in [0.1, 0.15) is 53.0 Å². The minimum Gasteiger partial charge on any atom is -0.414 e. The monoisotopic (exact) mass is 836 g/mol. The molecule has 3 nitrogen and oxygen atoms in total. The molecule has 0 saturated carbocycles. The van der Waals surface area contributed by atoms with Crippen molar-refractivity contribution in [2.45, 2.75) is 182 Å². The van der Waals surface area contributed by atoms with Gasteiger partial charge in [0.05, 0.1) is 16.6 Å². The second kappa shape index (κ2) is 13.3. The molecule has 0 amide bonds. The van der Waals surface area contributed by atoms with Crippen LogP contribution in [0.3, 0.4) is 0 Å². The zero-order valence-electron chi connectivity index (χ0n) is 38.4. The predicted molar refractivity (Wildman–Crippen MR) is 250 cm³/mol. The van der Waals surface area contributed by atoms with E-state index in [1.807, 2.05) is 5.20 Å². The molecule has 0 radical (unpaired) electrons. The van der Waals surface area contributed by atoms with Gasteiger partial charge in [0.2, 0.25) is 0 Å². The van der Waals surface area contributed by atoms with Crippen LogP contribution < -0.4 is 0 Å². The summed E-state index contributed by atoms with van der Waals surface area (Å²) in [5.74, 6) is 0.292. The van der Waals surface area contributed by atoms with Gasteiger partial charge in [0, 0.05) is 49.3 Å². The van der Waals surface area contributed by atoms with Crippen LogP contribution in [0.5, 0.6) is 0 Å². The molecule has 3 rings (SSSR count). The van der Waals surface area contributed by atoms with E-state index in [2.05, 4.69) is 203 Å². The van der Waals surface area contributed by atoms with Gasteiger partial charge < -0.3 is 13.6 Å². The van der Waals surface area contributed by atoms with Gasteiger partial charge >= 0.3 is 0 Å². The van der Waals surface area contributed by atoms with E-state index in [1.165, 1.54) is 5.56 Å². The van der Waals surface area contributed by atoms with Crippen molar-refractivity contribution in [2.75, 3.05) is 7.11 Å². The van der Waals surface area contributed by atoms with Gasteiger partial charge in [-0.1, -0.05) is 156 Å². The van der Waals surface area contributed by atoms with E-state index in [-0.39, 0.29) is 39.2 Å². The summed E-state index contributed by atoms with van der Waals surface area (Å²) < 4.78 is 24.1. The molecule has 5 atom stereocenters. The van der Waals surface area contributed by atoms with Crippen molar-refractivity contribution in [3.05, 3.63) is 46.8 Å². The molecule has 0 aromatic heterocycles. The smallest absolute Gasteiger partial charge is 0.184 e. The van der Waals surface area contributed by atoms with Crippen LogP contribution in [0.25, 0.3) is 0 Å². The molecule has 1 saturated heterocycles. The highest BCUT2D eigenvalue weighted by molar-refractivity contribution is 7.75. The molecule has 11 heteroatoms. The average Bonchev–Trinajstić information content (AvgIpc) is 2.93. The molecule has 2 heterocycles. The van der Waals surface area contributed by atoms with E-state index < -0.39 is 61.2 Å². The van der Waals surface area contributed by atoms with Crippen molar-refractivity contribution in [3.8, 4) is 0 Å². The Morgan fingerprint density at radius 2 is 0.902 bits per heavy atom. The van der Waals surface area contributed by atoms with Crippen molar-refractivity contribution in [2.24, 2.45) is 16.7 Å². The van der Waals surface area contributed by atoms with E-state index in [0.717, 1.165) is 0 Å². The first-order chi connectivity index (χ1) is 22.3. The molecular formula is C40H84O3Si8. The van der Waals surface area contributed by atoms with E-state index in [4.69, 9.17) is 13.6 Å². The van der Waals surface area contributed by atoms with Crippen molar-refractivity contribution in [3.63, 3.8) is 0 Å². The topological polar surface area (TPSA) is 27.7 Å². The maximum Gasteiger partial charge on any atom is 0.184 e. The fraction of sp³-hybridized carbons (Fsp3) is 0.800. The summed E-state index contributed by atoms with van der Waals surface area (Å²) in [6, 6.07) is 11.7. The SMILES string of the molecule is COC1C(c2ccccc2)C(O[Si](C)(C)C)(C(C)(C)C)[Si]([Si](C)(C)C)([Si](C)(C)C)C=C2C1C(O[Si](C)(C)C)(C(C)(C)C)[Si]2([Si](C)(C)C)[Si](C)(C)C. The number of fused-ring (bicyclic) bond motifs is 1. The first-order valence-electron chi connectivity index (χ1n) is 20.0. The van der Waals surface area contributed by atoms with Crippen LogP contribution in [-0.4, -0.2) is 84.9 Å². The second-order valence-electron chi connectivity index (χ2n) is 24.6. The Hall–Kier alpha value is 0.575. The van der Waals surface area contributed by atoms with Gasteiger partial charge in [0.15, 0.2) is 16.6 Å². The quantitative estimate of drug-likeness (QED) is 0.220. The number of benzene rings is 1. The zero-order valence-corrected chi connectivity index (χ0v) is 46.4. The standard InChI is InChI=1S/C40H84O3Si8/c1-37(2,3)39(42-44(8,9)10)34(32-29-27-26-28-30-32)36(41-7)35-33(31-50(39,46(14,15)16)47(17,18)19)51(48(20,21)22,49(23,24)25)40(35,38(4,5)6)43-45(11,12)13/h26-31,34-36H,1-25H3. The molecule has 51 heavy (non-hydrogen) atoms. The van der Waals surface area contributed by atoms with Crippen molar-refractivity contribution in [1.82, 2.24) is 0 Å². The Balaban J connectivity index is 3.04. The van der Waals surface area contributed by atoms with E-state index in [0.29, 0.717) is 0 Å². The summed E-state index contributed by atoms with van der Waals surface area (Å²) in [4.78, 5) is 0. The van der Waals surface area contributed by atoms with Crippen molar-refractivity contribution in [1.29, 1.82) is 0 Å². The van der Waals surface area contributed by atoms with Crippen LogP contribution in [0, 0.1) is 16.7 Å². The van der Waals surface area contributed by atoms with Gasteiger partial charge in [-0.05, 0) is 55.7 Å². The van der Waals surface area contributed by atoms with Gasteiger partial charge in [-0.25, -0.2) is 0 Å². The van der Waals surface area contributed by atoms with Crippen LogP contribution >= 0.6 is 0 Å². The molecule has 1 aromatic carbocycles. The largest absolute Gasteiger partial charge is 0.414 e. The van der Waals surface area contributed by atoms with Gasteiger partial charge in [0.25, 0.3) is 0 Å². The molecule has 0 aliphatic carbocycles. The third-order valence-corrected chi connectivity index (χ3v) is 93.3. The summed E-state index contributed by atoms with van der Waals surface area (Å²) in [5.41, 5.74) is 4.48. The number of hydrogen-bond donors (Lipinski definition) is 0. The number of hydrogen-bond acceptors (Lipinski definition) is 3. The van der Waals surface area contributed by atoms with Gasteiger partial charge in [-0.15, -0.1) is 5.70 Å². The first-order valence-corrected chi connectivity index (χ1v) is 48.9.